The van der Waals surface area contributed by atoms with Crippen LogP contribution in [0.1, 0.15) is 36.5 Å². The summed E-state index contributed by atoms with van der Waals surface area (Å²) >= 11 is 0. The van der Waals surface area contributed by atoms with E-state index in [9.17, 15) is 9.59 Å². The van der Waals surface area contributed by atoms with E-state index in [0.717, 1.165) is 0 Å². The lowest BCUT2D eigenvalue weighted by Crippen LogP contribution is -2.31. The summed E-state index contributed by atoms with van der Waals surface area (Å²) in [5.74, 6) is 0.0789. The van der Waals surface area contributed by atoms with Gasteiger partial charge >= 0.3 is 0 Å². The largest absolute Gasteiger partial charge is 0.379 e. The van der Waals surface area contributed by atoms with E-state index >= 15 is 0 Å². The van der Waals surface area contributed by atoms with Crippen molar-refractivity contribution in [1.82, 2.24) is 15.3 Å². The van der Waals surface area contributed by atoms with Crippen molar-refractivity contribution in [3.05, 3.63) is 27.9 Å². The Hall–Kier alpha value is -1.69. The van der Waals surface area contributed by atoms with Gasteiger partial charge in [-0.3, -0.25) is 9.59 Å². The van der Waals surface area contributed by atoms with E-state index < -0.39 is 11.5 Å². The standard InChI is InChI=1S/C12H19N3O3/c1-8(2)18-6-4-5-13-11(16)10-7-14-9(3)15-12(10)17/h7-8H,4-6H2,1-3H3,(H,13,16)(H,14,15,17). The van der Waals surface area contributed by atoms with E-state index in [0.29, 0.717) is 25.4 Å². The molecule has 0 spiro atoms. The molecule has 0 bridgehead atoms. The number of rotatable bonds is 6. The van der Waals surface area contributed by atoms with Crippen LogP contribution < -0.4 is 10.9 Å². The van der Waals surface area contributed by atoms with Crippen LogP contribution in [0.25, 0.3) is 0 Å². The lowest BCUT2D eigenvalue weighted by molar-refractivity contribution is 0.0757. The van der Waals surface area contributed by atoms with Gasteiger partial charge in [0, 0.05) is 19.3 Å². The zero-order valence-corrected chi connectivity index (χ0v) is 10.9. The predicted octanol–water partition coefficient (Wildman–Crippen LogP) is 0.623. The first-order valence-corrected chi connectivity index (χ1v) is 5.96. The first kappa shape index (κ1) is 14.4. The number of aromatic amines is 1. The number of carbonyl (C=O) groups excluding carboxylic acids is 1. The lowest BCUT2D eigenvalue weighted by atomic mass is 10.3. The summed E-state index contributed by atoms with van der Waals surface area (Å²) in [5.41, 5.74) is -0.385. The number of nitrogens with zero attached hydrogens (tertiary/aromatic N) is 1. The van der Waals surface area contributed by atoms with Crippen LogP contribution in [-0.4, -0.2) is 35.1 Å². The highest BCUT2D eigenvalue weighted by atomic mass is 16.5. The molecule has 0 fully saturated rings. The number of amides is 1. The number of aryl methyl sites for hydroxylation is 1. The third-order valence-electron chi connectivity index (χ3n) is 2.23. The van der Waals surface area contributed by atoms with Gasteiger partial charge in [0.15, 0.2) is 0 Å². The molecular formula is C12H19N3O3. The summed E-state index contributed by atoms with van der Waals surface area (Å²) in [7, 11) is 0. The van der Waals surface area contributed by atoms with Crippen molar-refractivity contribution < 1.29 is 9.53 Å². The van der Waals surface area contributed by atoms with Crippen molar-refractivity contribution in [2.45, 2.75) is 33.3 Å². The van der Waals surface area contributed by atoms with Gasteiger partial charge in [0.1, 0.15) is 11.4 Å². The minimum Gasteiger partial charge on any atom is -0.379 e. The van der Waals surface area contributed by atoms with Gasteiger partial charge in [0.2, 0.25) is 0 Å². The summed E-state index contributed by atoms with van der Waals surface area (Å²) in [5, 5.41) is 2.65. The van der Waals surface area contributed by atoms with Crippen LogP contribution >= 0.6 is 0 Å². The fraction of sp³-hybridized carbons (Fsp3) is 0.583. The number of hydrogen-bond acceptors (Lipinski definition) is 4. The fourth-order valence-electron chi connectivity index (χ4n) is 1.33. The van der Waals surface area contributed by atoms with E-state index in [1.54, 1.807) is 6.92 Å². The average molecular weight is 253 g/mol. The van der Waals surface area contributed by atoms with Crippen molar-refractivity contribution in [1.29, 1.82) is 0 Å². The molecule has 1 aromatic heterocycles. The third kappa shape index (κ3) is 4.67. The van der Waals surface area contributed by atoms with E-state index in [1.165, 1.54) is 6.20 Å². The summed E-state index contributed by atoms with van der Waals surface area (Å²) in [6, 6.07) is 0. The second-order valence-electron chi connectivity index (χ2n) is 4.24. The molecular weight excluding hydrogens is 234 g/mol. The van der Waals surface area contributed by atoms with Gasteiger partial charge in [-0.1, -0.05) is 0 Å². The Morgan fingerprint density at radius 2 is 2.28 bits per heavy atom. The van der Waals surface area contributed by atoms with Gasteiger partial charge in [-0.15, -0.1) is 0 Å². The molecule has 0 saturated carbocycles. The molecule has 1 amide bonds. The SMILES string of the molecule is Cc1ncc(C(=O)NCCCOC(C)C)c(=O)[nH]1. The Balaban J connectivity index is 2.39. The number of carbonyl (C=O) groups is 1. The maximum Gasteiger partial charge on any atom is 0.263 e. The van der Waals surface area contributed by atoms with Gasteiger partial charge in [-0.2, -0.15) is 0 Å². The second-order valence-corrected chi connectivity index (χ2v) is 4.24. The molecule has 1 heterocycles. The highest BCUT2D eigenvalue weighted by Crippen LogP contribution is 1.91. The summed E-state index contributed by atoms with van der Waals surface area (Å²) in [6.45, 7) is 6.62. The van der Waals surface area contributed by atoms with Gasteiger partial charge < -0.3 is 15.0 Å². The molecule has 0 unspecified atom stereocenters. The topological polar surface area (TPSA) is 84.1 Å². The molecule has 100 valence electrons. The van der Waals surface area contributed by atoms with Crippen LogP contribution in [0.5, 0.6) is 0 Å². The Bertz CT molecular complexity index is 454. The first-order valence-electron chi connectivity index (χ1n) is 5.96. The second kappa shape index (κ2) is 6.90. The number of H-pyrrole nitrogens is 1. The number of ether oxygens (including phenoxy) is 1. The Morgan fingerprint density at radius 3 is 2.89 bits per heavy atom. The minimum atomic E-state index is -0.418. The normalized spacial score (nSPS) is 10.7. The molecule has 0 saturated heterocycles. The predicted molar refractivity (Wildman–Crippen MR) is 67.6 cm³/mol. The summed E-state index contributed by atoms with van der Waals surface area (Å²) in [4.78, 5) is 29.5. The monoisotopic (exact) mass is 253 g/mol. The van der Waals surface area contributed by atoms with Crippen molar-refractivity contribution >= 4 is 5.91 Å². The molecule has 18 heavy (non-hydrogen) atoms. The molecule has 0 atom stereocenters. The fourth-order valence-corrected chi connectivity index (χ4v) is 1.33. The van der Waals surface area contributed by atoms with E-state index in [2.05, 4.69) is 15.3 Å². The Morgan fingerprint density at radius 1 is 1.56 bits per heavy atom. The van der Waals surface area contributed by atoms with Gasteiger partial charge in [0.25, 0.3) is 11.5 Å². The minimum absolute atomic E-state index is 0.0328. The van der Waals surface area contributed by atoms with Crippen LogP contribution in [0.15, 0.2) is 11.0 Å². The molecule has 0 aliphatic heterocycles. The van der Waals surface area contributed by atoms with E-state index in [1.807, 2.05) is 13.8 Å². The summed E-state index contributed by atoms with van der Waals surface area (Å²) < 4.78 is 5.34. The van der Waals surface area contributed by atoms with Crippen LogP contribution in [0, 0.1) is 6.92 Å². The Kier molecular flexibility index (Phi) is 5.51. The molecule has 0 radical (unpaired) electrons. The quantitative estimate of drug-likeness (QED) is 0.728. The molecule has 1 aromatic rings. The number of hydrogen-bond donors (Lipinski definition) is 2. The van der Waals surface area contributed by atoms with Crippen LogP contribution in [0.4, 0.5) is 0 Å². The number of aromatic nitrogens is 2. The maximum absolute atomic E-state index is 11.7. The molecule has 0 aliphatic rings. The van der Waals surface area contributed by atoms with Crippen LogP contribution in [-0.2, 0) is 4.74 Å². The van der Waals surface area contributed by atoms with Crippen molar-refractivity contribution in [3.8, 4) is 0 Å². The van der Waals surface area contributed by atoms with Crippen molar-refractivity contribution in [2.24, 2.45) is 0 Å². The highest BCUT2D eigenvalue weighted by molar-refractivity contribution is 5.93. The number of nitrogens with one attached hydrogen (secondary N) is 2. The van der Waals surface area contributed by atoms with Gasteiger partial charge in [-0.05, 0) is 27.2 Å². The lowest BCUT2D eigenvalue weighted by Gasteiger charge is -2.08. The van der Waals surface area contributed by atoms with E-state index in [-0.39, 0.29) is 11.7 Å². The smallest absolute Gasteiger partial charge is 0.263 e. The highest BCUT2D eigenvalue weighted by Gasteiger charge is 2.10. The molecule has 6 heteroatoms. The zero-order valence-electron chi connectivity index (χ0n) is 10.9. The van der Waals surface area contributed by atoms with Crippen molar-refractivity contribution in [3.63, 3.8) is 0 Å². The van der Waals surface area contributed by atoms with Gasteiger partial charge in [-0.25, -0.2) is 4.98 Å². The third-order valence-corrected chi connectivity index (χ3v) is 2.23. The average Bonchev–Trinajstić information content (AvgIpc) is 2.27. The zero-order chi connectivity index (χ0) is 13.5. The summed E-state index contributed by atoms with van der Waals surface area (Å²) in [6.07, 6.45) is 2.18. The Labute approximate surface area is 106 Å². The maximum atomic E-state index is 11.7. The molecule has 2 N–H and O–H groups in total. The van der Waals surface area contributed by atoms with E-state index in [4.69, 9.17) is 4.74 Å². The van der Waals surface area contributed by atoms with Crippen molar-refractivity contribution in [2.75, 3.05) is 13.2 Å². The first-order chi connectivity index (χ1) is 8.50. The molecule has 0 aromatic carbocycles. The molecule has 0 aliphatic carbocycles. The van der Waals surface area contributed by atoms with Crippen LogP contribution in [0.3, 0.4) is 0 Å². The van der Waals surface area contributed by atoms with Crippen LogP contribution in [0.2, 0.25) is 0 Å². The molecule has 6 nitrogen and oxygen atoms in total. The molecule has 1 rings (SSSR count). The van der Waals surface area contributed by atoms with Gasteiger partial charge in [0.05, 0.1) is 6.10 Å².